The van der Waals surface area contributed by atoms with Crippen molar-refractivity contribution in [3.63, 3.8) is 0 Å². The molecule has 2 heterocycles. The number of carbonyl (C=O) groups is 2. The molecule has 3 fully saturated rings. The van der Waals surface area contributed by atoms with Crippen molar-refractivity contribution < 1.29 is 14.1 Å². The van der Waals surface area contributed by atoms with E-state index >= 15 is 0 Å². The zero-order valence-corrected chi connectivity index (χ0v) is 16.0. The molecule has 2 saturated carbocycles. The van der Waals surface area contributed by atoms with E-state index in [1.54, 1.807) is 6.07 Å². The Hall–Kier alpha value is -1.89. The second-order valence-electron chi connectivity index (χ2n) is 8.59. The summed E-state index contributed by atoms with van der Waals surface area (Å²) in [5.41, 5.74) is 6.41. The van der Waals surface area contributed by atoms with Gasteiger partial charge in [-0.25, -0.2) is 0 Å². The summed E-state index contributed by atoms with van der Waals surface area (Å²) in [5, 5.41) is 6.97. The van der Waals surface area contributed by atoms with Crippen LogP contribution in [0.2, 0.25) is 0 Å². The van der Waals surface area contributed by atoms with E-state index in [1.807, 2.05) is 4.90 Å². The topological polar surface area (TPSA) is 101 Å². The second-order valence-corrected chi connectivity index (χ2v) is 8.59. The van der Waals surface area contributed by atoms with E-state index < -0.39 is 0 Å². The van der Waals surface area contributed by atoms with Crippen LogP contribution < -0.4 is 11.1 Å². The summed E-state index contributed by atoms with van der Waals surface area (Å²) in [5.74, 6) is 1.40. The molecule has 0 spiro atoms. The van der Waals surface area contributed by atoms with Crippen LogP contribution in [0.15, 0.2) is 10.6 Å². The molecule has 4 rings (SSSR count). The van der Waals surface area contributed by atoms with Gasteiger partial charge in [0.05, 0.1) is 0 Å². The largest absolute Gasteiger partial charge is 0.360 e. The zero-order chi connectivity index (χ0) is 19.0. The highest BCUT2D eigenvalue weighted by molar-refractivity contribution is 5.92. The van der Waals surface area contributed by atoms with Gasteiger partial charge in [0.25, 0.3) is 5.91 Å². The SMILES string of the molecule is C[C@@H]1CC(NC(=O)c2cc(C3CC3)on2)CCN1C(=O)[C@H]1CCC[C@@H](N)C1. The van der Waals surface area contributed by atoms with E-state index in [1.165, 1.54) is 0 Å². The quantitative estimate of drug-likeness (QED) is 0.841. The maximum atomic E-state index is 12.9. The van der Waals surface area contributed by atoms with Gasteiger partial charge in [0.15, 0.2) is 5.69 Å². The lowest BCUT2D eigenvalue weighted by atomic mass is 9.84. The molecule has 1 aliphatic heterocycles. The van der Waals surface area contributed by atoms with Crippen LogP contribution >= 0.6 is 0 Å². The molecule has 1 aromatic rings. The van der Waals surface area contributed by atoms with E-state index in [9.17, 15) is 9.59 Å². The number of likely N-dealkylation sites (tertiary alicyclic amines) is 1. The predicted octanol–water partition coefficient (Wildman–Crippen LogP) is 2.18. The summed E-state index contributed by atoms with van der Waals surface area (Å²) < 4.78 is 5.27. The van der Waals surface area contributed by atoms with Crippen molar-refractivity contribution in [1.29, 1.82) is 0 Å². The fourth-order valence-corrected chi connectivity index (χ4v) is 4.53. The van der Waals surface area contributed by atoms with E-state index in [2.05, 4.69) is 17.4 Å². The summed E-state index contributed by atoms with van der Waals surface area (Å²) in [6.45, 7) is 2.75. The monoisotopic (exact) mass is 374 g/mol. The normalized spacial score (nSPS) is 31.6. The van der Waals surface area contributed by atoms with E-state index in [0.717, 1.165) is 57.1 Å². The van der Waals surface area contributed by atoms with Crippen molar-refractivity contribution >= 4 is 11.8 Å². The second kappa shape index (κ2) is 7.62. The minimum absolute atomic E-state index is 0.0613. The molecule has 148 valence electrons. The van der Waals surface area contributed by atoms with Crippen molar-refractivity contribution in [2.75, 3.05) is 6.54 Å². The minimum Gasteiger partial charge on any atom is -0.360 e. The minimum atomic E-state index is -0.180. The number of amides is 2. The van der Waals surface area contributed by atoms with Gasteiger partial charge in [-0.2, -0.15) is 0 Å². The Kier molecular flexibility index (Phi) is 5.21. The van der Waals surface area contributed by atoms with Gasteiger partial charge in [-0.05, 0) is 51.9 Å². The van der Waals surface area contributed by atoms with Crippen LogP contribution in [0.3, 0.4) is 0 Å². The number of aromatic nitrogens is 1. The third-order valence-electron chi connectivity index (χ3n) is 6.30. The standard InChI is InChI=1S/C20H30N4O3/c1-12-9-16(22-19(25)17-11-18(27-23-17)13-5-6-13)7-8-24(12)20(26)14-3-2-4-15(21)10-14/h11-16H,2-10,21H2,1H3,(H,22,25)/t12-,14+,15-,16?/m1/s1. The lowest BCUT2D eigenvalue weighted by Gasteiger charge is -2.40. The Morgan fingerprint density at radius 3 is 2.74 bits per heavy atom. The van der Waals surface area contributed by atoms with Crippen LogP contribution in [-0.4, -0.2) is 46.5 Å². The van der Waals surface area contributed by atoms with E-state index in [4.69, 9.17) is 10.3 Å². The summed E-state index contributed by atoms with van der Waals surface area (Å²) in [4.78, 5) is 27.3. The molecular formula is C20H30N4O3. The predicted molar refractivity (Wildman–Crippen MR) is 100 cm³/mol. The molecule has 2 aliphatic carbocycles. The molecule has 0 bridgehead atoms. The summed E-state index contributed by atoms with van der Waals surface area (Å²) in [6, 6.07) is 2.10. The van der Waals surface area contributed by atoms with Crippen LogP contribution in [0, 0.1) is 5.92 Å². The highest BCUT2D eigenvalue weighted by Crippen LogP contribution is 2.40. The molecular weight excluding hydrogens is 344 g/mol. The Bertz CT molecular complexity index is 699. The van der Waals surface area contributed by atoms with Crippen molar-refractivity contribution in [1.82, 2.24) is 15.4 Å². The number of rotatable bonds is 4. The fourth-order valence-electron chi connectivity index (χ4n) is 4.53. The number of nitrogens with two attached hydrogens (primary N) is 1. The molecule has 27 heavy (non-hydrogen) atoms. The number of carbonyl (C=O) groups excluding carboxylic acids is 2. The zero-order valence-electron chi connectivity index (χ0n) is 16.0. The summed E-state index contributed by atoms with van der Waals surface area (Å²) in [7, 11) is 0. The lowest BCUT2D eigenvalue weighted by Crippen LogP contribution is -2.53. The van der Waals surface area contributed by atoms with Crippen LogP contribution in [-0.2, 0) is 4.79 Å². The lowest BCUT2D eigenvalue weighted by molar-refractivity contribution is -0.140. The van der Waals surface area contributed by atoms with Crippen molar-refractivity contribution in [2.45, 2.75) is 82.3 Å². The Labute approximate surface area is 160 Å². The number of nitrogens with zero attached hydrogens (tertiary/aromatic N) is 2. The van der Waals surface area contributed by atoms with Crippen LogP contribution in [0.4, 0.5) is 0 Å². The van der Waals surface area contributed by atoms with E-state index in [-0.39, 0.29) is 35.9 Å². The molecule has 1 saturated heterocycles. The molecule has 1 unspecified atom stereocenters. The number of hydrogen-bond acceptors (Lipinski definition) is 5. The number of nitrogens with one attached hydrogen (secondary N) is 1. The summed E-state index contributed by atoms with van der Waals surface area (Å²) >= 11 is 0. The molecule has 2 amide bonds. The molecule has 0 aromatic carbocycles. The third kappa shape index (κ3) is 4.18. The summed E-state index contributed by atoms with van der Waals surface area (Å²) in [6.07, 6.45) is 7.59. The Morgan fingerprint density at radius 2 is 2.04 bits per heavy atom. The Morgan fingerprint density at radius 1 is 1.22 bits per heavy atom. The van der Waals surface area contributed by atoms with Crippen molar-refractivity contribution in [2.24, 2.45) is 11.7 Å². The van der Waals surface area contributed by atoms with Gasteiger partial charge in [-0.15, -0.1) is 0 Å². The molecule has 3 N–H and O–H groups in total. The first-order chi connectivity index (χ1) is 13.0. The van der Waals surface area contributed by atoms with Crippen molar-refractivity contribution in [3.05, 3.63) is 17.5 Å². The van der Waals surface area contributed by atoms with Crippen LogP contribution in [0.25, 0.3) is 0 Å². The van der Waals surface area contributed by atoms with Gasteiger partial charge in [0.1, 0.15) is 5.76 Å². The molecule has 1 aromatic heterocycles. The first-order valence-electron chi connectivity index (χ1n) is 10.3. The molecule has 7 heteroatoms. The Balaban J connectivity index is 1.30. The molecule has 7 nitrogen and oxygen atoms in total. The average Bonchev–Trinajstić information content (AvgIpc) is 3.38. The smallest absolute Gasteiger partial charge is 0.273 e. The number of piperidine rings is 1. The van der Waals surface area contributed by atoms with Crippen LogP contribution in [0.1, 0.15) is 80.5 Å². The molecule has 4 atom stereocenters. The third-order valence-corrected chi connectivity index (χ3v) is 6.30. The first-order valence-corrected chi connectivity index (χ1v) is 10.3. The average molecular weight is 374 g/mol. The van der Waals surface area contributed by atoms with Gasteiger partial charge in [-0.3, -0.25) is 9.59 Å². The van der Waals surface area contributed by atoms with E-state index in [0.29, 0.717) is 18.2 Å². The molecule has 0 radical (unpaired) electrons. The van der Waals surface area contributed by atoms with Gasteiger partial charge >= 0.3 is 0 Å². The van der Waals surface area contributed by atoms with Crippen molar-refractivity contribution in [3.8, 4) is 0 Å². The highest BCUT2D eigenvalue weighted by Gasteiger charge is 2.35. The first kappa shape index (κ1) is 18.5. The highest BCUT2D eigenvalue weighted by atomic mass is 16.5. The maximum Gasteiger partial charge on any atom is 0.273 e. The fraction of sp³-hybridized carbons (Fsp3) is 0.750. The van der Waals surface area contributed by atoms with Gasteiger partial charge in [0.2, 0.25) is 5.91 Å². The maximum absolute atomic E-state index is 12.9. The van der Waals surface area contributed by atoms with Gasteiger partial charge in [-0.1, -0.05) is 11.6 Å². The van der Waals surface area contributed by atoms with Gasteiger partial charge in [0, 0.05) is 42.6 Å². The van der Waals surface area contributed by atoms with Crippen LogP contribution in [0.5, 0.6) is 0 Å². The molecule has 3 aliphatic rings. The van der Waals surface area contributed by atoms with Gasteiger partial charge < -0.3 is 20.5 Å². The number of hydrogen-bond donors (Lipinski definition) is 2.